The van der Waals surface area contributed by atoms with Crippen molar-refractivity contribution < 1.29 is 0 Å². The summed E-state index contributed by atoms with van der Waals surface area (Å²) >= 11 is 3.51. The van der Waals surface area contributed by atoms with E-state index in [0.29, 0.717) is 5.92 Å². The number of rotatable bonds is 4. The molecule has 1 aromatic rings. The lowest BCUT2D eigenvalue weighted by Gasteiger charge is -2.12. The molecule has 1 rings (SSSR count). The first-order valence-electron chi connectivity index (χ1n) is 4.48. The van der Waals surface area contributed by atoms with Gasteiger partial charge < -0.3 is 5.32 Å². The minimum absolute atomic E-state index is 0.536. The summed E-state index contributed by atoms with van der Waals surface area (Å²) in [5.41, 5.74) is 1.27. The number of nitrogens with zero attached hydrogens (tertiary/aromatic N) is 2. The minimum atomic E-state index is 0.536. The van der Waals surface area contributed by atoms with Crippen molar-refractivity contribution in [1.29, 1.82) is 0 Å². The van der Waals surface area contributed by atoms with Gasteiger partial charge in [-0.25, -0.2) is 0 Å². The Morgan fingerprint density at radius 2 is 2.38 bits per heavy atom. The largest absolute Gasteiger partial charge is 0.320 e. The Morgan fingerprint density at radius 3 is 2.85 bits per heavy atom. The van der Waals surface area contributed by atoms with Crippen LogP contribution in [0.25, 0.3) is 0 Å². The molecular weight excluding hydrogens is 230 g/mol. The highest BCUT2D eigenvalue weighted by Crippen LogP contribution is 2.25. The third kappa shape index (κ3) is 2.54. The zero-order valence-corrected chi connectivity index (χ0v) is 9.93. The van der Waals surface area contributed by atoms with Crippen LogP contribution in [-0.2, 0) is 7.05 Å². The normalized spacial score (nSPS) is 13.2. The lowest BCUT2D eigenvalue weighted by Crippen LogP contribution is -2.12. The summed E-state index contributed by atoms with van der Waals surface area (Å²) in [5.74, 6) is 0.536. The second-order valence-electron chi connectivity index (χ2n) is 3.29. The molecule has 3 nitrogen and oxygen atoms in total. The Hall–Kier alpha value is -0.350. The van der Waals surface area contributed by atoms with E-state index in [1.165, 1.54) is 5.69 Å². The van der Waals surface area contributed by atoms with Gasteiger partial charge in [0.25, 0.3) is 0 Å². The highest BCUT2D eigenvalue weighted by molar-refractivity contribution is 9.10. The van der Waals surface area contributed by atoms with E-state index in [0.717, 1.165) is 17.4 Å². The predicted molar refractivity (Wildman–Crippen MR) is 57.9 cm³/mol. The fourth-order valence-corrected chi connectivity index (χ4v) is 2.21. The second-order valence-corrected chi connectivity index (χ2v) is 4.15. The summed E-state index contributed by atoms with van der Waals surface area (Å²) in [6.07, 6.45) is 2.99. The molecule has 74 valence electrons. The van der Waals surface area contributed by atoms with Crippen molar-refractivity contribution in [3.8, 4) is 0 Å². The maximum Gasteiger partial charge on any atom is 0.0635 e. The van der Waals surface area contributed by atoms with Gasteiger partial charge in [-0.1, -0.05) is 6.92 Å². The van der Waals surface area contributed by atoms with E-state index in [-0.39, 0.29) is 0 Å². The summed E-state index contributed by atoms with van der Waals surface area (Å²) < 4.78 is 3.04. The molecule has 1 atom stereocenters. The molecule has 4 heteroatoms. The van der Waals surface area contributed by atoms with Gasteiger partial charge in [-0.15, -0.1) is 0 Å². The second kappa shape index (κ2) is 4.77. The summed E-state index contributed by atoms with van der Waals surface area (Å²) in [7, 11) is 3.96. The molecule has 1 unspecified atom stereocenters. The van der Waals surface area contributed by atoms with Crippen molar-refractivity contribution in [3.63, 3.8) is 0 Å². The van der Waals surface area contributed by atoms with E-state index in [2.05, 4.69) is 33.3 Å². The molecule has 0 saturated carbocycles. The molecule has 0 aliphatic carbocycles. The van der Waals surface area contributed by atoms with Crippen LogP contribution in [0, 0.1) is 0 Å². The van der Waals surface area contributed by atoms with Crippen LogP contribution >= 0.6 is 15.9 Å². The zero-order valence-electron chi connectivity index (χ0n) is 8.34. The monoisotopic (exact) mass is 245 g/mol. The Balaban J connectivity index is 2.69. The van der Waals surface area contributed by atoms with E-state index < -0.39 is 0 Å². The van der Waals surface area contributed by atoms with Gasteiger partial charge in [0.05, 0.1) is 16.4 Å². The van der Waals surface area contributed by atoms with E-state index in [9.17, 15) is 0 Å². The van der Waals surface area contributed by atoms with Crippen LogP contribution in [0.3, 0.4) is 0 Å². The lowest BCUT2D eigenvalue weighted by atomic mass is 10.0. The van der Waals surface area contributed by atoms with Gasteiger partial charge in [0, 0.05) is 13.0 Å². The quantitative estimate of drug-likeness (QED) is 0.879. The fraction of sp³-hybridized carbons (Fsp3) is 0.667. The van der Waals surface area contributed by atoms with Crippen LogP contribution in [0.2, 0.25) is 0 Å². The molecule has 0 saturated heterocycles. The summed E-state index contributed by atoms with van der Waals surface area (Å²) in [6, 6.07) is 0. The lowest BCUT2D eigenvalue weighted by molar-refractivity contribution is 0.580. The number of halogens is 1. The van der Waals surface area contributed by atoms with Gasteiger partial charge in [-0.05, 0) is 35.9 Å². The van der Waals surface area contributed by atoms with E-state index in [1.54, 1.807) is 0 Å². The van der Waals surface area contributed by atoms with E-state index >= 15 is 0 Å². The standard InChI is InChI=1S/C9H16BrN3/c1-7(4-5-11-2)9-8(10)6-12-13(9)3/h6-7,11H,4-5H2,1-3H3. The maximum atomic E-state index is 4.19. The SMILES string of the molecule is CNCCC(C)c1c(Br)cnn1C. The smallest absolute Gasteiger partial charge is 0.0635 e. The number of nitrogens with one attached hydrogen (secondary N) is 1. The van der Waals surface area contributed by atoms with Crippen molar-refractivity contribution in [3.05, 3.63) is 16.4 Å². The molecule has 0 fully saturated rings. The van der Waals surface area contributed by atoms with Crippen molar-refractivity contribution >= 4 is 15.9 Å². The van der Waals surface area contributed by atoms with E-state index in [4.69, 9.17) is 0 Å². The van der Waals surface area contributed by atoms with Gasteiger partial charge in [0.2, 0.25) is 0 Å². The topological polar surface area (TPSA) is 29.9 Å². The number of hydrogen-bond donors (Lipinski definition) is 1. The van der Waals surface area contributed by atoms with Crippen LogP contribution in [0.15, 0.2) is 10.7 Å². The first-order valence-corrected chi connectivity index (χ1v) is 5.28. The Bertz CT molecular complexity index is 250. The van der Waals surface area contributed by atoms with Crippen molar-refractivity contribution in [2.75, 3.05) is 13.6 Å². The van der Waals surface area contributed by atoms with Crippen molar-refractivity contribution in [2.24, 2.45) is 7.05 Å². The highest BCUT2D eigenvalue weighted by atomic mass is 79.9. The summed E-state index contributed by atoms with van der Waals surface area (Å²) in [6.45, 7) is 3.26. The van der Waals surface area contributed by atoms with Crippen LogP contribution < -0.4 is 5.32 Å². The number of aromatic nitrogens is 2. The average Bonchev–Trinajstić information content (AvgIpc) is 2.42. The Kier molecular flexibility index (Phi) is 3.93. The van der Waals surface area contributed by atoms with Gasteiger partial charge >= 0.3 is 0 Å². The van der Waals surface area contributed by atoms with Crippen molar-refractivity contribution in [1.82, 2.24) is 15.1 Å². The number of hydrogen-bond acceptors (Lipinski definition) is 2. The minimum Gasteiger partial charge on any atom is -0.320 e. The van der Waals surface area contributed by atoms with Crippen LogP contribution in [0.4, 0.5) is 0 Å². The van der Waals surface area contributed by atoms with Gasteiger partial charge in [0.15, 0.2) is 0 Å². The maximum absolute atomic E-state index is 4.19. The fourth-order valence-electron chi connectivity index (χ4n) is 1.47. The van der Waals surface area contributed by atoms with Gasteiger partial charge in [0.1, 0.15) is 0 Å². The number of aryl methyl sites for hydroxylation is 1. The van der Waals surface area contributed by atoms with E-state index in [1.807, 2.05) is 25.0 Å². The molecule has 0 aromatic carbocycles. The third-order valence-electron chi connectivity index (χ3n) is 2.23. The first-order chi connectivity index (χ1) is 6.16. The Labute approximate surface area is 87.6 Å². The summed E-state index contributed by atoms with van der Waals surface area (Å²) in [4.78, 5) is 0. The van der Waals surface area contributed by atoms with Gasteiger partial charge in [-0.2, -0.15) is 5.10 Å². The van der Waals surface area contributed by atoms with Crippen LogP contribution in [0.5, 0.6) is 0 Å². The van der Waals surface area contributed by atoms with Crippen LogP contribution in [0.1, 0.15) is 25.0 Å². The van der Waals surface area contributed by atoms with Gasteiger partial charge in [-0.3, -0.25) is 4.68 Å². The van der Waals surface area contributed by atoms with Crippen molar-refractivity contribution in [2.45, 2.75) is 19.3 Å². The predicted octanol–water partition coefficient (Wildman–Crippen LogP) is 1.90. The molecule has 13 heavy (non-hydrogen) atoms. The average molecular weight is 246 g/mol. The first kappa shape index (κ1) is 10.7. The molecule has 0 amide bonds. The Morgan fingerprint density at radius 1 is 1.69 bits per heavy atom. The molecule has 1 N–H and O–H groups in total. The molecule has 1 heterocycles. The summed E-state index contributed by atoms with van der Waals surface area (Å²) in [5, 5.41) is 7.35. The highest BCUT2D eigenvalue weighted by Gasteiger charge is 2.13. The molecule has 0 radical (unpaired) electrons. The van der Waals surface area contributed by atoms with Crippen LogP contribution in [-0.4, -0.2) is 23.4 Å². The molecular formula is C9H16BrN3. The molecule has 0 bridgehead atoms. The molecule has 1 aromatic heterocycles. The third-order valence-corrected chi connectivity index (χ3v) is 2.84. The zero-order chi connectivity index (χ0) is 9.84. The molecule has 0 aliphatic rings. The molecule has 0 aliphatic heterocycles. The molecule has 0 spiro atoms.